The summed E-state index contributed by atoms with van der Waals surface area (Å²) in [5, 5.41) is 4.44. The second-order valence-electron chi connectivity index (χ2n) is 6.02. The summed E-state index contributed by atoms with van der Waals surface area (Å²) in [4.78, 5) is 9.06. The van der Waals surface area contributed by atoms with Gasteiger partial charge in [-0.2, -0.15) is 5.10 Å². The number of aryl methyl sites for hydroxylation is 1. The van der Waals surface area contributed by atoms with Crippen molar-refractivity contribution in [1.82, 2.24) is 19.7 Å². The summed E-state index contributed by atoms with van der Waals surface area (Å²) in [5.74, 6) is 0.721. The SMILES string of the molecule is CCc1cnc2cnn(CC3CC4(COC4)C3)c2n1. The summed E-state index contributed by atoms with van der Waals surface area (Å²) in [6, 6.07) is 0. The van der Waals surface area contributed by atoms with Crippen molar-refractivity contribution in [2.45, 2.75) is 32.7 Å². The molecule has 2 aromatic rings. The minimum atomic E-state index is 0.522. The molecular weight excluding hydrogens is 240 g/mol. The summed E-state index contributed by atoms with van der Waals surface area (Å²) in [7, 11) is 0. The zero-order chi connectivity index (χ0) is 12.9. The van der Waals surface area contributed by atoms with Gasteiger partial charge in [-0.15, -0.1) is 0 Å². The number of hydrogen-bond donors (Lipinski definition) is 0. The highest BCUT2D eigenvalue weighted by molar-refractivity contribution is 5.69. The van der Waals surface area contributed by atoms with Gasteiger partial charge in [-0.1, -0.05) is 6.92 Å². The second-order valence-corrected chi connectivity index (χ2v) is 6.02. The molecule has 2 fully saturated rings. The second kappa shape index (κ2) is 4.00. The molecule has 2 aromatic heterocycles. The van der Waals surface area contributed by atoms with Gasteiger partial charge in [-0.05, 0) is 25.2 Å². The molecule has 5 nitrogen and oxygen atoms in total. The molecule has 1 aliphatic heterocycles. The molecule has 19 heavy (non-hydrogen) atoms. The van der Waals surface area contributed by atoms with Gasteiger partial charge in [0.05, 0.1) is 25.1 Å². The van der Waals surface area contributed by atoms with E-state index in [1.54, 1.807) is 0 Å². The maximum atomic E-state index is 5.32. The molecule has 0 bridgehead atoms. The summed E-state index contributed by atoms with van der Waals surface area (Å²) in [6.45, 7) is 4.99. The van der Waals surface area contributed by atoms with Crippen LogP contribution in [0.5, 0.6) is 0 Å². The fourth-order valence-electron chi connectivity index (χ4n) is 3.35. The Morgan fingerprint density at radius 3 is 2.89 bits per heavy atom. The minimum absolute atomic E-state index is 0.522. The predicted octanol–water partition coefficient (Wildman–Crippen LogP) is 1.82. The first-order valence-corrected chi connectivity index (χ1v) is 7.03. The lowest BCUT2D eigenvalue weighted by molar-refractivity contribution is -0.181. The summed E-state index contributed by atoms with van der Waals surface area (Å²) >= 11 is 0. The van der Waals surface area contributed by atoms with Gasteiger partial charge in [0.2, 0.25) is 0 Å². The van der Waals surface area contributed by atoms with Crippen molar-refractivity contribution in [3.05, 3.63) is 18.1 Å². The molecule has 1 saturated carbocycles. The summed E-state index contributed by atoms with van der Waals surface area (Å²) in [5.41, 5.74) is 3.39. The highest BCUT2D eigenvalue weighted by atomic mass is 16.5. The fraction of sp³-hybridized carbons (Fsp3) is 0.643. The Morgan fingerprint density at radius 2 is 2.21 bits per heavy atom. The average Bonchev–Trinajstić information content (AvgIpc) is 2.73. The molecule has 3 heterocycles. The summed E-state index contributed by atoms with van der Waals surface area (Å²) < 4.78 is 7.35. The first kappa shape index (κ1) is 11.3. The molecule has 1 saturated heterocycles. The molecule has 0 aromatic carbocycles. The maximum Gasteiger partial charge on any atom is 0.177 e. The molecule has 0 amide bonds. The van der Waals surface area contributed by atoms with E-state index in [1.807, 2.05) is 17.1 Å². The van der Waals surface area contributed by atoms with Crippen LogP contribution in [0, 0.1) is 11.3 Å². The zero-order valence-corrected chi connectivity index (χ0v) is 11.2. The normalized spacial score (nSPS) is 21.5. The quantitative estimate of drug-likeness (QED) is 0.842. The van der Waals surface area contributed by atoms with Crippen LogP contribution >= 0.6 is 0 Å². The van der Waals surface area contributed by atoms with Gasteiger partial charge in [0.1, 0.15) is 5.52 Å². The van der Waals surface area contributed by atoms with Gasteiger partial charge in [-0.3, -0.25) is 0 Å². The third kappa shape index (κ3) is 1.75. The van der Waals surface area contributed by atoms with Crippen molar-refractivity contribution in [1.29, 1.82) is 0 Å². The molecular formula is C14H18N4O. The van der Waals surface area contributed by atoms with E-state index in [-0.39, 0.29) is 0 Å². The molecule has 2 aliphatic rings. The van der Waals surface area contributed by atoms with Gasteiger partial charge < -0.3 is 4.74 Å². The molecule has 4 rings (SSSR count). The van der Waals surface area contributed by atoms with Gasteiger partial charge in [0.25, 0.3) is 0 Å². The van der Waals surface area contributed by atoms with E-state index in [0.29, 0.717) is 5.41 Å². The van der Waals surface area contributed by atoms with E-state index in [1.165, 1.54) is 12.8 Å². The largest absolute Gasteiger partial charge is 0.380 e. The Kier molecular flexibility index (Phi) is 2.39. The van der Waals surface area contributed by atoms with E-state index in [4.69, 9.17) is 4.74 Å². The molecule has 0 N–H and O–H groups in total. The van der Waals surface area contributed by atoms with Gasteiger partial charge in [0, 0.05) is 18.2 Å². The van der Waals surface area contributed by atoms with E-state index in [0.717, 1.165) is 49.0 Å². The van der Waals surface area contributed by atoms with Gasteiger partial charge in [-0.25, -0.2) is 14.6 Å². The Bertz CT molecular complexity index is 609. The highest BCUT2D eigenvalue weighted by Crippen LogP contribution is 2.51. The molecule has 1 spiro atoms. The lowest BCUT2D eigenvalue weighted by atomic mass is 9.61. The standard InChI is InChI=1S/C14H18N4O/c1-2-11-5-15-12-6-16-18(13(12)17-11)7-10-3-14(4-10)8-19-9-14/h5-6,10H,2-4,7-9H2,1H3. The van der Waals surface area contributed by atoms with E-state index >= 15 is 0 Å². The number of rotatable bonds is 3. The van der Waals surface area contributed by atoms with Crippen LogP contribution in [0.25, 0.3) is 11.2 Å². The van der Waals surface area contributed by atoms with Crippen LogP contribution in [-0.2, 0) is 17.7 Å². The minimum Gasteiger partial charge on any atom is -0.380 e. The van der Waals surface area contributed by atoms with E-state index < -0.39 is 0 Å². The first-order valence-electron chi connectivity index (χ1n) is 7.03. The van der Waals surface area contributed by atoms with Crippen LogP contribution in [0.15, 0.2) is 12.4 Å². The van der Waals surface area contributed by atoms with Crippen molar-refractivity contribution in [3.8, 4) is 0 Å². The van der Waals surface area contributed by atoms with Gasteiger partial charge >= 0.3 is 0 Å². The smallest absolute Gasteiger partial charge is 0.177 e. The molecule has 100 valence electrons. The topological polar surface area (TPSA) is 52.8 Å². The van der Waals surface area contributed by atoms with Gasteiger partial charge in [0.15, 0.2) is 5.65 Å². The highest BCUT2D eigenvalue weighted by Gasteiger charge is 2.49. The van der Waals surface area contributed by atoms with Crippen LogP contribution in [0.2, 0.25) is 0 Å². The Balaban J connectivity index is 1.54. The van der Waals surface area contributed by atoms with Crippen LogP contribution in [0.4, 0.5) is 0 Å². The van der Waals surface area contributed by atoms with Crippen molar-refractivity contribution in [2.75, 3.05) is 13.2 Å². The monoisotopic (exact) mass is 258 g/mol. The average molecular weight is 258 g/mol. The van der Waals surface area contributed by atoms with Crippen LogP contribution in [0.3, 0.4) is 0 Å². The van der Waals surface area contributed by atoms with Crippen molar-refractivity contribution >= 4 is 11.2 Å². The number of nitrogens with zero attached hydrogens (tertiary/aromatic N) is 4. The van der Waals surface area contributed by atoms with Crippen molar-refractivity contribution in [2.24, 2.45) is 11.3 Å². The summed E-state index contributed by atoms with van der Waals surface area (Å²) in [6.07, 6.45) is 7.13. The van der Waals surface area contributed by atoms with Crippen molar-refractivity contribution in [3.63, 3.8) is 0 Å². The number of hydrogen-bond acceptors (Lipinski definition) is 4. The molecule has 0 unspecified atom stereocenters. The molecule has 5 heteroatoms. The fourth-order valence-corrected chi connectivity index (χ4v) is 3.35. The first-order chi connectivity index (χ1) is 9.28. The van der Waals surface area contributed by atoms with Crippen molar-refractivity contribution < 1.29 is 4.74 Å². The number of fused-ring (bicyclic) bond motifs is 1. The Hall–Kier alpha value is -1.49. The third-order valence-electron chi connectivity index (χ3n) is 4.45. The van der Waals surface area contributed by atoms with Crippen LogP contribution < -0.4 is 0 Å². The van der Waals surface area contributed by atoms with E-state index in [9.17, 15) is 0 Å². The number of ether oxygens (including phenoxy) is 1. The Labute approximate surface area is 112 Å². The lowest BCUT2D eigenvalue weighted by Crippen LogP contribution is -2.53. The Morgan fingerprint density at radius 1 is 1.37 bits per heavy atom. The van der Waals surface area contributed by atoms with E-state index in [2.05, 4.69) is 22.0 Å². The lowest BCUT2D eigenvalue weighted by Gasteiger charge is -2.53. The molecule has 0 atom stereocenters. The maximum absolute atomic E-state index is 5.32. The number of aromatic nitrogens is 4. The van der Waals surface area contributed by atoms with Crippen LogP contribution in [-0.4, -0.2) is 33.0 Å². The van der Waals surface area contributed by atoms with Crippen LogP contribution in [0.1, 0.15) is 25.5 Å². The molecule has 1 aliphatic carbocycles. The third-order valence-corrected chi connectivity index (χ3v) is 4.45. The predicted molar refractivity (Wildman–Crippen MR) is 70.7 cm³/mol. The molecule has 0 radical (unpaired) electrons. The zero-order valence-electron chi connectivity index (χ0n) is 11.2.